The summed E-state index contributed by atoms with van der Waals surface area (Å²) in [7, 11) is -0.810. The first kappa shape index (κ1) is 11.7. The lowest BCUT2D eigenvalue weighted by Crippen LogP contribution is -2.08. The molecule has 0 aliphatic rings. The van der Waals surface area contributed by atoms with E-state index >= 15 is 0 Å². The maximum Gasteiger partial charge on any atom is 0.0499 e. The van der Waals surface area contributed by atoms with Gasteiger partial charge in [0.1, 0.15) is 0 Å². The fourth-order valence-electron chi connectivity index (χ4n) is 1.00. The summed E-state index contributed by atoms with van der Waals surface area (Å²) in [4.78, 5) is 0. The minimum absolute atomic E-state index is 0.194. The Kier molecular flexibility index (Phi) is 4.13. The van der Waals surface area contributed by atoms with E-state index in [4.69, 9.17) is 5.73 Å². The van der Waals surface area contributed by atoms with Crippen molar-refractivity contribution in [2.75, 3.05) is 5.73 Å². The van der Waals surface area contributed by atoms with Crippen LogP contribution < -0.4 is 5.73 Å². The Hall–Kier alpha value is -0.350. The van der Waals surface area contributed by atoms with Gasteiger partial charge in [0, 0.05) is 32.0 Å². The van der Waals surface area contributed by atoms with Crippen LogP contribution in [0.1, 0.15) is 19.4 Å². The van der Waals surface area contributed by atoms with Crippen LogP contribution in [0.25, 0.3) is 0 Å². The van der Waals surface area contributed by atoms with Crippen LogP contribution in [0.5, 0.6) is 0 Å². The monoisotopic (exact) mass is 275 g/mol. The second-order valence-corrected chi connectivity index (χ2v) is 6.27. The van der Waals surface area contributed by atoms with Crippen molar-refractivity contribution in [1.29, 1.82) is 0 Å². The van der Waals surface area contributed by atoms with Gasteiger partial charge in [0.15, 0.2) is 0 Å². The zero-order valence-corrected chi connectivity index (χ0v) is 10.7. The molecule has 0 bridgehead atoms. The molecule has 0 spiro atoms. The molecule has 0 radical (unpaired) electrons. The molecule has 14 heavy (non-hydrogen) atoms. The van der Waals surface area contributed by atoms with Crippen LogP contribution in [-0.4, -0.2) is 9.46 Å². The highest BCUT2D eigenvalue weighted by atomic mass is 79.9. The van der Waals surface area contributed by atoms with Gasteiger partial charge in [-0.25, -0.2) is 0 Å². The van der Waals surface area contributed by atoms with Crippen molar-refractivity contribution in [2.24, 2.45) is 0 Å². The average Bonchev–Trinajstić information content (AvgIpc) is 2.09. The Morgan fingerprint density at radius 1 is 1.50 bits per heavy atom. The highest BCUT2D eigenvalue weighted by Crippen LogP contribution is 2.21. The molecule has 0 aliphatic carbocycles. The van der Waals surface area contributed by atoms with Crippen LogP contribution in [0.15, 0.2) is 22.7 Å². The molecular weight excluding hydrogens is 262 g/mol. The number of rotatable bonds is 3. The van der Waals surface area contributed by atoms with Gasteiger partial charge in [-0.05, 0) is 17.7 Å². The van der Waals surface area contributed by atoms with E-state index in [1.807, 2.05) is 32.0 Å². The van der Waals surface area contributed by atoms with Crippen molar-refractivity contribution in [1.82, 2.24) is 0 Å². The van der Waals surface area contributed by atoms with Crippen molar-refractivity contribution in [2.45, 2.75) is 24.9 Å². The van der Waals surface area contributed by atoms with Gasteiger partial charge in [0.25, 0.3) is 0 Å². The first-order valence-corrected chi connectivity index (χ1v) is 6.59. The summed E-state index contributed by atoms with van der Waals surface area (Å²) >= 11 is 3.41. The van der Waals surface area contributed by atoms with E-state index in [9.17, 15) is 4.21 Å². The number of hydrogen-bond donors (Lipinski definition) is 1. The molecule has 0 aromatic heterocycles. The summed E-state index contributed by atoms with van der Waals surface area (Å²) in [6.45, 7) is 3.92. The molecule has 0 aliphatic heterocycles. The lowest BCUT2D eigenvalue weighted by molar-refractivity contribution is 0.676. The summed E-state index contributed by atoms with van der Waals surface area (Å²) in [5.41, 5.74) is 7.38. The lowest BCUT2D eigenvalue weighted by Gasteiger charge is -2.07. The van der Waals surface area contributed by atoms with Crippen LogP contribution in [0.4, 0.5) is 5.69 Å². The van der Waals surface area contributed by atoms with E-state index in [0.29, 0.717) is 5.75 Å². The quantitative estimate of drug-likeness (QED) is 0.862. The molecular formula is C10H14BrNOS. The number of nitrogens with two attached hydrogens (primary N) is 1. The summed E-state index contributed by atoms with van der Waals surface area (Å²) < 4.78 is 12.5. The highest BCUT2D eigenvalue weighted by molar-refractivity contribution is 9.10. The molecule has 2 nitrogen and oxygen atoms in total. The zero-order chi connectivity index (χ0) is 10.7. The van der Waals surface area contributed by atoms with E-state index in [0.717, 1.165) is 15.7 Å². The Morgan fingerprint density at radius 3 is 2.64 bits per heavy atom. The first-order chi connectivity index (χ1) is 6.50. The molecule has 0 saturated carbocycles. The highest BCUT2D eigenvalue weighted by Gasteiger charge is 2.08. The first-order valence-electron chi connectivity index (χ1n) is 4.41. The Balaban J connectivity index is 2.82. The number of nitrogen functional groups attached to an aromatic ring is 1. The van der Waals surface area contributed by atoms with Crippen molar-refractivity contribution in [3.05, 3.63) is 28.2 Å². The summed E-state index contributed by atoms with van der Waals surface area (Å²) in [5, 5.41) is 0.194. The normalized spacial score (nSPS) is 13.1. The largest absolute Gasteiger partial charge is 0.399 e. The summed E-state index contributed by atoms with van der Waals surface area (Å²) in [5.74, 6) is 0.582. The zero-order valence-electron chi connectivity index (χ0n) is 8.29. The van der Waals surface area contributed by atoms with E-state index in [1.54, 1.807) is 0 Å². The molecule has 0 amide bonds. The van der Waals surface area contributed by atoms with Crippen LogP contribution in [0.2, 0.25) is 0 Å². The summed E-state index contributed by atoms with van der Waals surface area (Å²) in [6.07, 6.45) is 0. The van der Waals surface area contributed by atoms with Crippen molar-refractivity contribution < 1.29 is 4.21 Å². The molecule has 1 rings (SSSR count). The van der Waals surface area contributed by atoms with Gasteiger partial charge in [-0.15, -0.1) is 0 Å². The lowest BCUT2D eigenvalue weighted by atomic mass is 10.2. The molecule has 1 unspecified atom stereocenters. The third-order valence-corrected chi connectivity index (χ3v) is 4.29. The Labute approximate surface area is 95.5 Å². The van der Waals surface area contributed by atoms with Gasteiger partial charge in [-0.3, -0.25) is 4.21 Å². The molecule has 1 atom stereocenters. The van der Waals surface area contributed by atoms with Gasteiger partial charge in [-0.2, -0.15) is 0 Å². The van der Waals surface area contributed by atoms with Crippen LogP contribution in [-0.2, 0) is 16.6 Å². The Morgan fingerprint density at radius 2 is 2.14 bits per heavy atom. The SMILES string of the molecule is CC(C)S(=O)Cc1ccc(N)cc1Br. The second kappa shape index (κ2) is 4.94. The molecule has 1 aromatic rings. The third-order valence-electron chi connectivity index (χ3n) is 1.90. The smallest absolute Gasteiger partial charge is 0.0499 e. The fourth-order valence-corrected chi connectivity index (χ4v) is 2.61. The molecule has 0 heterocycles. The minimum atomic E-state index is -0.810. The van der Waals surface area contributed by atoms with Crippen molar-refractivity contribution in [3.63, 3.8) is 0 Å². The fraction of sp³-hybridized carbons (Fsp3) is 0.400. The minimum Gasteiger partial charge on any atom is -0.399 e. The number of benzene rings is 1. The van der Waals surface area contributed by atoms with E-state index in [-0.39, 0.29) is 5.25 Å². The van der Waals surface area contributed by atoms with Crippen LogP contribution in [0, 0.1) is 0 Å². The van der Waals surface area contributed by atoms with Gasteiger partial charge < -0.3 is 5.73 Å². The Bertz CT molecular complexity index is 352. The molecule has 1 aromatic carbocycles. The predicted octanol–water partition coefficient (Wildman–Crippen LogP) is 2.69. The van der Waals surface area contributed by atoms with Gasteiger partial charge in [0.05, 0.1) is 0 Å². The van der Waals surface area contributed by atoms with Gasteiger partial charge in [0.2, 0.25) is 0 Å². The molecule has 4 heteroatoms. The van der Waals surface area contributed by atoms with Gasteiger partial charge >= 0.3 is 0 Å². The molecule has 0 fully saturated rings. The van der Waals surface area contributed by atoms with Crippen molar-refractivity contribution in [3.8, 4) is 0 Å². The van der Waals surface area contributed by atoms with Gasteiger partial charge in [-0.1, -0.05) is 35.8 Å². The summed E-state index contributed by atoms with van der Waals surface area (Å²) in [6, 6.07) is 5.59. The third kappa shape index (κ3) is 3.10. The predicted molar refractivity (Wildman–Crippen MR) is 65.5 cm³/mol. The standard InChI is InChI=1S/C10H14BrNOS/c1-7(2)14(13)6-8-3-4-9(12)5-10(8)11/h3-5,7H,6,12H2,1-2H3. The van der Waals surface area contributed by atoms with E-state index in [1.165, 1.54) is 0 Å². The van der Waals surface area contributed by atoms with Crippen molar-refractivity contribution >= 4 is 32.4 Å². The second-order valence-electron chi connectivity index (χ2n) is 3.42. The average molecular weight is 276 g/mol. The maximum atomic E-state index is 11.6. The maximum absolute atomic E-state index is 11.6. The van der Waals surface area contributed by atoms with Crippen LogP contribution >= 0.6 is 15.9 Å². The molecule has 0 saturated heterocycles. The topological polar surface area (TPSA) is 43.1 Å². The number of hydrogen-bond acceptors (Lipinski definition) is 2. The number of anilines is 1. The van der Waals surface area contributed by atoms with E-state index < -0.39 is 10.8 Å². The number of halogens is 1. The molecule has 78 valence electrons. The van der Waals surface area contributed by atoms with E-state index in [2.05, 4.69) is 15.9 Å². The van der Waals surface area contributed by atoms with Crippen LogP contribution in [0.3, 0.4) is 0 Å². The molecule has 2 N–H and O–H groups in total.